The van der Waals surface area contributed by atoms with E-state index in [9.17, 15) is 28.8 Å². The number of esters is 2. The fourth-order valence-corrected chi connectivity index (χ4v) is 4.83. The van der Waals surface area contributed by atoms with Crippen LogP contribution < -0.4 is 0 Å². The van der Waals surface area contributed by atoms with Gasteiger partial charge in [0.1, 0.15) is 5.66 Å². The normalized spacial score (nSPS) is 21.0. The molecule has 1 fully saturated rings. The SMILES string of the molecule is CC(C)CC(=O)OC1C[C@H](P(=O)(OCOC(=O)C(C)(C)C)OCOC(C)(O)C(C)(C)C)C(=O)N1OC(=O)CC(C)C. The third-order valence-electron chi connectivity index (χ3n) is 6.19. The molecule has 0 radical (unpaired) electrons. The number of amides is 1. The first-order valence-corrected chi connectivity index (χ1v) is 15.3. The molecule has 41 heavy (non-hydrogen) atoms. The molecule has 1 amide bonds. The number of ether oxygens (including phenoxy) is 3. The van der Waals surface area contributed by atoms with Crippen LogP contribution in [0.4, 0.5) is 0 Å². The summed E-state index contributed by atoms with van der Waals surface area (Å²) >= 11 is 0. The lowest BCUT2D eigenvalue weighted by atomic mass is 9.87. The molecule has 1 aliphatic heterocycles. The highest BCUT2D eigenvalue weighted by Gasteiger charge is 2.55. The Morgan fingerprint density at radius 2 is 1.44 bits per heavy atom. The lowest BCUT2D eigenvalue weighted by molar-refractivity contribution is -0.271. The summed E-state index contributed by atoms with van der Waals surface area (Å²) < 4.78 is 40.8. The molecule has 1 saturated heterocycles. The van der Waals surface area contributed by atoms with Crippen LogP contribution in [-0.4, -0.2) is 65.2 Å². The summed E-state index contributed by atoms with van der Waals surface area (Å²) in [5, 5.41) is 11.2. The van der Waals surface area contributed by atoms with Crippen LogP contribution in [0.5, 0.6) is 0 Å². The number of carbonyl (C=O) groups is 4. The minimum atomic E-state index is -4.57. The molecule has 0 aromatic rings. The van der Waals surface area contributed by atoms with Gasteiger partial charge in [-0.05, 0) is 39.5 Å². The van der Waals surface area contributed by atoms with E-state index in [1.54, 1.807) is 69.2 Å². The fraction of sp³-hybridized carbons (Fsp3) is 0.852. The summed E-state index contributed by atoms with van der Waals surface area (Å²) in [6.07, 6.45) is -1.85. The quantitative estimate of drug-likeness (QED) is 0.167. The first kappa shape index (κ1) is 37.0. The standard InChI is InChI=1S/C27H48NO12P/c1-17(2)12-21(29)39-20-14-19(23(31)28(20)40-22(30)13-18(3)4)41(34,37-15-35-24(32)25(5,6)7)38-16-36-27(11,33)26(8,9)10/h17-20,33H,12-16H2,1-11H3/t19-,20?,27?,41?/m0/s1. The summed E-state index contributed by atoms with van der Waals surface area (Å²) in [6.45, 7) is 16.8. The molecule has 14 heteroatoms. The van der Waals surface area contributed by atoms with Gasteiger partial charge in [-0.25, -0.2) is 4.79 Å². The largest absolute Gasteiger partial charge is 0.438 e. The molecular formula is C27H48NO12P. The molecule has 0 aromatic carbocycles. The van der Waals surface area contributed by atoms with Crippen LogP contribution in [0.3, 0.4) is 0 Å². The number of hydrogen-bond donors (Lipinski definition) is 1. The van der Waals surface area contributed by atoms with Gasteiger partial charge in [-0.15, -0.1) is 5.06 Å². The van der Waals surface area contributed by atoms with Crippen molar-refractivity contribution in [3.8, 4) is 0 Å². The highest BCUT2D eigenvalue weighted by Crippen LogP contribution is 2.57. The molecule has 13 nitrogen and oxygen atoms in total. The van der Waals surface area contributed by atoms with Crippen molar-refractivity contribution in [2.45, 2.75) is 113 Å². The Morgan fingerprint density at radius 3 is 1.93 bits per heavy atom. The molecule has 1 heterocycles. The van der Waals surface area contributed by atoms with Crippen LogP contribution in [0.15, 0.2) is 0 Å². The maximum absolute atomic E-state index is 14.1. The Balaban J connectivity index is 3.31. The zero-order valence-corrected chi connectivity index (χ0v) is 27.1. The van der Waals surface area contributed by atoms with Crippen molar-refractivity contribution in [2.75, 3.05) is 13.6 Å². The average molecular weight is 610 g/mol. The van der Waals surface area contributed by atoms with Gasteiger partial charge in [-0.3, -0.25) is 28.0 Å². The Hall–Kier alpha value is -2.05. The molecular weight excluding hydrogens is 561 g/mol. The van der Waals surface area contributed by atoms with Crippen LogP contribution in [0, 0.1) is 22.7 Å². The highest BCUT2D eigenvalue weighted by atomic mass is 31.2. The molecule has 1 rings (SSSR count). The minimum Gasteiger partial charge on any atom is -0.438 e. The molecule has 0 saturated carbocycles. The van der Waals surface area contributed by atoms with Gasteiger partial charge in [0.25, 0.3) is 5.91 Å². The molecule has 1 aliphatic rings. The van der Waals surface area contributed by atoms with Gasteiger partial charge in [0.2, 0.25) is 13.0 Å². The molecule has 3 unspecified atom stereocenters. The zero-order valence-electron chi connectivity index (χ0n) is 26.2. The molecule has 238 valence electrons. The number of nitrogens with zero attached hydrogens (tertiary/aromatic N) is 1. The molecule has 0 spiro atoms. The molecule has 0 bridgehead atoms. The van der Waals surface area contributed by atoms with Gasteiger partial charge < -0.3 is 24.2 Å². The van der Waals surface area contributed by atoms with Gasteiger partial charge in [0.05, 0.1) is 11.8 Å². The molecule has 0 aliphatic carbocycles. The van der Waals surface area contributed by atoms with Crippen molar-refractivity contribution < 1.29 is 56.9 Å². The minimum absolute atomic E-state index is 0.0201. The summed E-state index contributed by atoms with van der Waals surface area (Å²) in [7, 11) is -4.57. The van der Waals surface area contributed by atoms with E-state index in [0.29, 0.717) is 5.06 Å². The zero-order chi connectivity index (χ0) is 32.0. The van der Waals surface area contributed by atoms with Crippen LogP contribution in [0.2, 0.25) is 0 Å². The Morgan fingerprint density at radius 1 is 0.927 bits per heavy atom. The van der Waals surface area contributed by atoms with Crippen molar-refractivity contribution in [1.82, 2.24) is 5.06 Å². The maximum atomic E-state index is 14.1. The van der Waals surface area contributed by atoms with Crippen LogP contribution >= 0.6 is 7.60 Å². The van der Waals surface area contributed by atoms with E-state index >= 15 is 0 Å². The van der Waals surface area contributed by atoms with E-state index in [1.165, 1.54) is 6.92 Å². The van der Waals surface area contributed by atoms with Gasteiger partial charge in [-0.1, -0.05) is 48.5 Å². The lowest BCUT2D eigenvalue weighted by Crippen LogP contribution is -2.43. The number of aliphatic hydroxyl groups is 1. The van der Waals surface area contributed by atoms with Gasteiger partial charge >= 0.3 is 25.5 Å². The summed E-state index contributed by atoms with van der Waals surface area (Å²) in [5.74, 6) is -4.99. The van der Waals surface area contributed by atoms with Gasteiger partial charge in [0.15, 0.2) is 12.6 Å². The van der Waals surface area contributed by atoms with Crippen molar-refractivity contribution in [3.05, 3.63) is 0 Å². The number of hydrogen-bond acceptors (Lipinski definition) is 12. The monoisotopic (exact) mass is 609 g/mol. The fourth-order valence-electron chi connectivity index (χ4n) is 3.17. The number of carbonyl (C=O) groups excluding carboxylic acids is 4. The lowest BCUT2D eigenvalue weighted by Gasteiger charge is -2.36. The van der Waals surface area contributed by atoms with E-state index in [4.69, 9.17) is 28.1 Å². The smallest absolute Gasteiger partial charge is 0.348 e. The van der Waals surface area contributed by atoms with Crippen molar-refractivity contribution in [2.24, 2.45) is 22.7 Å². The van der Waals surface area contributed by atoms with Crippen molar-refractivity contribution >= 4 is 31.4 Å². The first-order valence-electron chi connectivity index (χ1n) is 13.7. The molecule has 1 N–H and O–H groups in total. The Bertz CT molecular complexity index is 980. The summed E-state index contributed by atoms with van der Waals surface area (Å²) in [5.41, 5.74) is -3.30. The predicted octanol–water partition coefficient (Wildman–Crippen LogP) is 4.51. The average Bonchev–Trinajstić information content (AvgIpc) is 3.06. The first-order chi connectivity index (χ1) is 18.5. The topological polar surface area (TPSA) is 164 Å². The van der Waals surface area contributed by atoms with Crippen LogP contribution in [0.1, 0.15) is 95.4 Å². The van der Waals surface area contributed by atoms with E-state index < -0.39 is 79.9 Å². The summed E-state index contributed by atoms with van der Waals surface area (Å²) in [6, 6.07) is 0. The van der Waals surface area contributed by atoms with Crippen LogP contribution in [-0.2, 0) is 51.8 Å². The van der Waals surface area contributed by atoms with Crippen molar-refractivity contribution in [3.63, 3.8) is 0 Å². The summed E-state index contributed by atoms with van der Waals surface area (Å²) in [4.78, 5) is 55.9. The van der Waals surface area contributed by atoms with E-state index in [-0.39, 0.29) is 24.7 Å². The van der Waals surface area contributed by atoms with Crippen LogP contribution in [0.25, 0.3) is 0 Å². The Kier molecular flexibility index (Phi) is 13.0. The third-order valence-corrected chi connectivity index (χ3v) is 8.31. The highest BCUT2D eigenvalue weighted by molar-refractivity contribution is 7.55. The Labute approximate surface area is 243 Å². The number of rotatable bonds is 14. The van der Waals surface area contributed by atoms with Gasteiger partial charge in [-0.2, -0.15) is 0 Å². The predicted molar refractivity (Wildman–Crippen MR) is 146 cm³/mol. The van der Waals surface area contributed by atoms with Crippen molar-refractivity contribution in [1.29, 1.82) is 0 Å². The van der Waals surface area contributed by atoms with E-state index in [1.807, 2.05) is 0 Å². The molecule has 0 aromatic heterocycles. The maximum Gasteiger partial charge on any atom is 0.348 e. The number of hydroxylamine groups is 2. The van der Waals surface area contributed by atoms with E-state index in [2.05, 4.69) is 0 Å². The van der Waals surface area contributed by atoms with E-state index in [0.717, 1.165) is 0 Å². The second-order valence-electron chi connectivity index (χ2n) is 13.1. The van der Waals surface area contributed by atoms with Gasteiger partial charge in [0, 0.05) is 18.3 Å². The second-order valence-corrected chi connectivity index (χ2v) is 15.3. The third kappa shape index (κ3) is 11.3. The molecule has 4 atom stereocenters. The second kappa shape index (κ2) is 14.4.